The third-order valence-electron chi connectivity index (χ3n) is 4.01. The van der Waals surface area contributed by atoms with Gasteiger partial charge in [0.1, 0.15) is 5.76 Å². The molecular weight excluding hydrogens is 397 g/mol. The Balaban J connectivity index is 2.18. The number of ketones is 1. The predicted octanol–water partition coefficient (Wildman–Crippen LogP) is 3.89. The van der Waals surface area contributed by atoms with Crippen molar-refractivity contribution in [2.75, 3.05) is 0 Å². The molecule has 0 spiro atoms. The molecule has 5 nitrogen and oxygen atoms in total. The number of Topliss-reactive ketones (excluding diaryl/α,β-unsaturated/α-hetero) is 1. The van der Waals surface area contributed by atoms with Gasteiger partial charge in [-0.25, -0.2) is 13.6 Å². The highest BCUT2D eigenvalue weighted by atomic mass is 35.5. The minimum Gasteiger partial charge on any atom is -0.478 e. The first-order chi connectivity index (χ1) is 12.0. The Kier molecular flexibility index (Phi) is 4.65. The number of carbonyl (C=O) groups excluding carboxylic acids is 1. The standard InChI is InChI=1S/C18H15Cl2NO4S/c1-18(2)17(22)15(11-5-8-13(19)14(20)9-11)16(25-18)10-3-6-12(7-4-10)26(21,23)24/h3-9H,1-2H3,(H2,21,23,24). The van der Waals surface area contributed by atoms with Gasteiger partial charge in [-0.3, -0.25) is 4.79 Å². The molecule has 26 heavy (non-hydrogen) atoms. The molecule has 2 N–H and O–H groups in total. The van der Waals surface area contributed by atoms with Crippen molar-refractivity contribution in [3.8, 4) is 0 Å². The average Bonchev–Trinajstić information content (AvgIpc) is 2.80. The maximum absolute atomic E-state index is 12.9. The summed E-state index contributed by atoms with van der Waals surface area (Å²) in [6, 6.07) is 10.7. The van der Waals surface area contributed by atoms with Crippen LogP contribution < -0.4 is 5.14 Å². The fourth-order valence-corrected chi connectivity index (χ4v) is 3.48. The van der Waals surface area contributed by atoms with Crippen molar-refractivity contribution in [1.29, 1.82) is 0 Å². The maximum Gasteiger partial charge on any atom is 0.238 e. The van der Waals surface area contributed by atoms with Gasteiger partial charge < -0.3 is 4.74 Å². The third-order valence-corrected chi connectivity index (χ3v) is 5.68. The van der Waals surface area contributed by atoms with E-state index in [1.807, 2.05) is 0 Å². The Bertz CT molecular complexity index is 1040. The molecule has 2 aromatic rings. The third kappa shape index (κ3) is 3.38. The molecule has 0 saturated heterocycles. The van der Waals surface area contributed by atoms with Crippen molar-refractivity contribution in [3.05, 3.63) is 63.6 Å². The van der Waals surface area contributed by atoms with E-state index in [0.29, 0.717) is 32.5 Å². The highest BCUT2D eigenvalue weighted by molar-refractivity contribution is 7.89. The molecule has 0 amide bonds. The van der Waals surface area contributed by atoms with Crippen molar-refractivity contribution in [1.82, 2.24) is 0 Å². The van der Waals surface area contributed by atoms with Crippen LogP contribution in [0.2, 0.25) is 10.0 Å². The molecule has 0 radical (unpaired) electrons. The quantitative estimate of drug-likeness (QED) is 0.829. The predicted molar refractivity (Wildman–Crippen MR) is 101 cm³/mol. The minimum atomic E-state index is -3.81. The Hall–Kier alpha value is -1.86. The smallest absolute Gasteiger partial charge is 0.238 e. The number of hydrogen-bond acceptors (Lipinski definition) is 4. The number of benzene rings is 2. The summed E-state index contributed by atoms with van der Waals surface area (Å²) in [5.41, 5.74) is 0.421. The van der Waals surface area contributed by atoms with Crippen LogP contribution in [0.25, 0.3) is 11.3 Å². The van der Waals surface area contributed by atoms with Gasteiger partial charge in [0.25, 0.3) is 0 Å². The summed E-state index contributed by atoms with van der Waals surface area (Å²) in [5.74, 6) is 0.140. The van der Waals surface area contributed by atoms with Gasteiger partial charge in [0.05, 0.1) is 20.5 Å². The molecule has 0 atom stereocenters. The second-order valence-electron chi connectivity index (χ2n) is 6.34. The zero-order chi connectivity index (χ0) is 19.3. The molecule has 0 saturated carbocycles. The van der Waals surface area contributed by atoms with Crippen molar-refractivity contribution in [2.45, 2.75) is 24.3 Å². The van der Waals surface area contributed by atoms with Gasteiger partial charge in [0.15, 0.2) is 5.60 Å². The average molecular weight is 412 g/mol. The molecule has 3 rings (SSSR count). The SMILES string of the molecule is CC1(C)OC(c2ccc(S(N)(=O)=O)cc2)=C(c2ccc(Cl)c(Cl)c2)C1=O. The summed E-state index contributed by atoms with van der Waals surface area (Å²) in [5, 5.41) is 5.82. The van der Waals surface area contributed by atoms with E-state index in [2.05, 4.69) is 0 Å². The summed E-state index contributed by atoms with van der Waals surface area (Å²) >= 11 is 12.0. The van der Waals surface area contributed by atoms with Crippen molar-refractivity contribution in [3.63, 3.8) is 0 Å². The van der Waals surface area contributed by atoms with Crippen LogP contribution in [-0.4, -0.2) is 19.8 Å². The highest BCUT2D eigenvalue weighted by Crippen LogP contribution is 2.42. The van der Waals surface area contributed by atoms with Crippen molar-refractivity contribution < 1.29 is 17.9 Å². The normalized spacial score (nSPS) is 16.7. The first-order valence-corrected chi connectivity index (χ1v) is 9.88. The number of sulfonamides is 1. The summed E-state index contributed by atoms with van der Waals surface area (Å²) in [6.45, 7) is 3.33. The summed E-state index contributed by atoms with van der Waals surface area (Å²) < 4.78 is 28.7. The lowest BCUT2D eigenvalue weighted by molar-refractivity contribution is -0.125. The molecule has 0 fully saturated rings. The lowest BCUT2D eigenvalue weighted by Crippen LogP contribution is -2.29. The van der Waals surface area contributed by atoms with E-state index < -0.39 is 15.6 Å². The van der Waals surface area contributed by atoms with Crippen LogP contribution in [0.4, 0.5) is 0 Å². The van der Waals surface area contributed by atoms with Crippen LogP contribution in [0.1, 0.15) is 25.0 Å². The zero-order valence-electron chi connectivity index (χ0n) is 13.9. The number of halogens is 2. The topological polar surface area (TPSA) is 86.5 Å². The number of carbonyl (C=O) groups is 1. The molecule has 1 aliphatic heterocycles. The molecule has 1 heterocycles. The lowest BCUT2D eigenvalue weighted by Gasteiger charge is -2.17. The number of ether oxygens (including phenoxy) is 1. The second-order valence-corrected chi connectivity index (χ2v) is 8.72. The second kappa shape index (κ2) is 6.39. The van der Waals surface area contributed by atoms with Crippen molar-refractivity contribution in [2.24, 2.45) is 5.14 Å². The first kappa shape index (κ1) is 18.9. The Labute approximate surface area is 161 Å². The summed E-state index contributed by atoms with van der Waals surface area (Å²) in [6.07, 6.45) is 0. The van der Waals surface area contributed by atoms with Gasteiger partial charge in [0, 0.05) is 5.56 Å². The molecule has 0 aliphatic carbocycles. The van der Waals surface area contributed by atoms with E-state index in [1.54, 1.807) is 44.2 Å². The largest absolute Gasteiger partial charge is 0.478 e. The molecule has 0 unspecified atom stereocenters. The number of rotatable bonds is 3. The van der Waals surface area contributed by atoms with E-state index in [1.165, 1.54) is 12.1 Å². The first-order valence-electron chi connectivity index (χ1n) is 7.57. The Morgan fingerprint density at radius 1 is 0.962 bits per heavy atom. The molecular formula is C18H15Cl2NO4S. The van der Waals surface area contributed by atoms with Gasteiger partial charge in [-0.05, 0) is 55.8 Å². The van der Waals surface area contributed by atoms with E-state index in [4.69, 9.17) is 33.1 Å². The van der Waals surface area contributed by atoms with Crippen molar-refractivity contribution >= 4 is 50.3 Å². The van der Waals surface area contributed by atoms with Gasteiger partial charge in [-0.1, -0.05) is 29.3 Å². The fourth-order valence-electron chi connectivity index (χ4n) is 2.67. The van der Waals surface area contributed by atoms with Crippen LogP contribution in [0.3, 0.4) is 0 Å². The molecule has 1 aliphatic rings. The fraction of sp³-hybridized carbons (Fsp3) is 0.167. The molecule has 0 bridgehead atoms. The van der Waals surface area contributed by atoms with Crippen LogP contribution in [-0.2, 0) is 19.6 Å². The Morgan fingerprint density at radius 2 is 1.54 bits per heavy atom. The highest BCUT2D eigenvalue weighted by Gasteiger charge is 2.42. The molecule has 2 aromatic carbocycles. The maximum atomic E-state index is 12.9. The van der Waals surface area contributed by atoms with Crippen LogP contribution >= 0.6 is 23.2 Å². The van der Waals surface area contributed by atoms with Gasteiger partial charge in [-0.2, -0.15) is 0 Å². The molecule has 8 heteroatoms. The number of nitrogens with two attached hydrogens (primary N) is 1. The van der Waals surface area contributed by atoms with Gasteiger partial charge in [-0.15, -0.1) is 0 Å². The van der Waals surface area contributed by atoms with E-state index in [-0.39, 0.29) is 10.7 Å². The number of hydrogen-bond donors (Lipinski definition) is 1. The monoisotopic (exact) mass is 411 g/mol. The summed E-state index contributed by atoms with van der Waals surface area (Å²) in [7, 11) is -3.81. The lowest BCUT2D eigenvalue weighted by atomic mass is 9.93. The minimum absolute atomic E-state index is 0.0264. The van der Waals surface area contributed by atoms with Gasteiger partial charge >= 0.3 is 0 Å². The number of primary sulfonamides is 1. The van der Waals surface area contributed by atoms with E-state index >= 15 is 0 Å². The molecule has 136 valence electrons. The Morgan fingerprint density at radius 3 is 2.08 bits per heavy atom. The van der Waals surface area contributed by atoms with Crippen LogP contribution in [0.5, 0.6) is 0 Å². The van der Waals surface area contributed by atoms with E-state index in [9.17, 15) is 13.2 Å². The van der Waals surface area contributed by atoms with Crippen LogP contribution in [0, 0.1) is 0 Å². The molecule has 0 aromatic heterocycles. The zero-order valence-corrected chi connectivity index (χ0v) is 16.2. The summed E-state index contributed by atoms with van der Waals surface area (Å²) in [4.78, 5) is 12.8. The van der Waals surface area contributed by atoms with E-state index in [0.717, 1.165) is 0 Å². The van der Waals surface area contributed by atoms with Gasteiger partial charge in [0.2, 0.25) is 15.8 Å². The van der Waals surface area contributed by atoms with Crippen LogP contribution in [0.15, 0.2) is 47.4 Å².